The Balaban J connectivity index is 2.09. The van der Waals surface area contributed by atoms with E-state index in [2.05, 4.69) is 25.1 Å². The monoisotopic (exact) mass is 404 g/mol. The van der Waals surface area contributed by atoms with Gasteiger partial charge in [-0.15, -0.1) is 0 Å². The van der Waals surface area contributed by atoms with Crippen molar-refractivity contribution in [2.75, 3.05) is 0 Å². The van der Waals surface area contributed by atoms with Crippen LogP contribution in [0.4, 0.5) is 0 Å². The molecule has 2 saturated heterocycles. The number of benzene rings is 1. The highest BCUT2D eigenvalue weighted by Crippen LogP contribution is 2.66. The van der Waals surface area contributed by atoms with Crippen LogP contribution in [0.2, 0.25) is 0 Å². The van der Waals surface area contributed by atoms with Crippen molar-refractivity contribution >= 4 is 5.90 Å². The highest BCUT2D eigenvalue weighted by Gasteiger charge is 2.79. The summed E-state index contributed by atoms with van der Waals surface area (Å²) in [5.74, 6) is -2.40. The number of hydrogen-bond acceptors (Lipinski definition) is 6. The van der Waals surface area contributed by atoms with Gasteiger partial charge in [0.15, 0.2) is 10.8 Å². The number of ether oxygens (including phenoxy) is 2. The van der Waals surface area contributed by atoms with Gasteiger partial charge in [0.05, 0.1) is 30.2 Å². The Hall–Kier alpha value is -2.88. The van der Waals surface area contributed by atoms with E-state index in [0.717, 1.165) is 37.7 Å². The maximum absolute atomic E-state index is 10.2. The summed E-state index contributed by atoms with van der Waals surface area (Å²) in [6.07, 6.45) is 4.71. The molecule has 0 saturated carbocycles. The third-order valence-corrected chi connectivity index (χ3v) is 6.81. The summed E-state index contributed by atoms with van der Waals surface area (Å²) in [6, 6.07) is 14.0. The van der Waals surface area contributed by atoms with Gasteiger partial charge in [0.2, 0.25) is 11.7 Å². The van der Waals surface area contributed by atoms with E-state index in [1.54, 1.807) is 6.92 Å². The van der Waals surface area contributed by atoms with Crippen LogP contribution in [0, 0.1) is 63.1 Å². The molecule has 2 fully saturated rings. The van der Waals surface area contributed by atoms with Gasteiger partial charge >= 0.3 is 0 Å². The average Bonchev–Trinajstić information content (AvgIpc) is 2.91. The molecular weight excluding hydrogens is 376 g/mol. The molecule has 1 aromatic carbocycles. The van der Waals surface area contributed by atoms with Crippen LogP contribution in [0.1, 0.15) is 63.5 Å². The van der Waals surface area contributed by atoms with Crippen LogP contribution >= 0.6 is 0 Å². The molecule has 6 heteroatoms. The second-order valence-corrected chi connectivity index (χ2v) is 8.45. The fourth-order valence-corrected chi connectivity index (χ4v) is 4.96. The van der Waals surface area contributed by atoms with Crippen LogP contribution in [-0.4, -0.2) is 12.0 Å². The van der Waals surface area contributed by atoms with Crippen LogP contribution in [0.5, 0.6) is 0 Å². The third-order valence-electron chi connectivity index (χ3n) is 6.81. The van der Waals surface area contributed by atoms with E-state index in [1.807, 2.05) is 31.2 Å². The Morgan fingerprint density at radius 1 is 1.00 bits per heavy atom. The number of nitrogens with one attached hydrogen (secondary N) is 1. The zero-order valence-electron chi connectivity index (χ0n) is 17.9. The lowest BCUT2D eigenvalue weighted by atomic mass is 9.53. The van der Waals surface area contributed by atoms with E-state index in [1.165, 1.54) is 0 Å². The molecule has 0 amide bonds. The van der Waals surface area contributed by atoms with E-state index in [4.69, 9.17) is 14.9 Å². The molecule has 30 heavy (non-hydrogen) atoms. The minimum atomic E-state index is -1.80. The van der Waals surface area contributed by atoms with Crippen molar-refractivity contribution < 1.29 is 9.47 Å². The van der Waals surface area contributed by atoms with Crippen LogP contribution in [0.15, 0.2) is 24.3 Å². The Kier molecular flexibility index (Phi) is 5.89. The second-order valence-electron chi connectivity index (χ2n) is 8.45. The van der Waals surface area contributed by atoms with Gasteiger partial charge in [0.1, 0.15) is 0 Å². The predicted molar refractivity (Wildman–Crippen MR) is 111 cm³/mol. The first kappa shape index (κ1) is 21.8. The van der Waals surface area contributed by atoms with Gasteiger partial charge in [-0.2, -0.15) is 15.8 Å². The molecule has 0 aromatic heterocycles. The minimum absolute atomic E-state index is 0.352. The van der Waals surface area contributed by atoms with Crippen LogP contribution in [-0.2, 0) is 15.3 Å². The highest BCUT2D eigenvalue weighted by atomic mass is 16.7. The fraction of sp³-hybridized carbons (Fsp3) is 0.583. The molecule has 2 bridgehead atoms. The van der Waals surface area contributed by atoms with Crippen molar-refractivity contribution in [1.29, 1.82) is 21.2 Å². The SMILES string of the molecule is CCCCCCCC1OC2(c3ccc(C)cc3)OC(=N)C(C#N)(C2C)C1(C#N)C#N. The summed E-state index contributed by atoms with van der Waals surface area (Å²) in [6.45, 7) is 5.86. The number of fused-ring (bicyclic) bond motifs is 2. The van der Waals surface area contributed by atoms with Crippen molar-refractivity contribution in [3.8, 4) is 18.2 Å². The maximum atomic E-state index is 10.2. The van der Waals surface area contributed by atoms with E-state index < -0.39 is 28.6 Å². The lowest BCUT2D eigenvalue weighted by Gasteiger charge is -2.48. The van der Waals surface area contributed by atoms with Crippen molar-refractivity contribution in [2.45, 2.75) is 71.2 Å². The minimum Gasteiger partial charge on any atom is -0.443 e. The number of rotatable bonds is 7. The molecule has 0 radical (unpaired) electrons. The Bertz CT molecular complexity index is 922. The third kappa shape index (κ3) is 2.81. The fourth-order valence-electron chi connectivity index (χ4n) is 4.96. The number of nitriles is 3. The Morgan fingerprint density at radius 2 is 1.63 bits per heavy atom. The predicted octanol–water partition coefficient (Wildman–Crippen LogP) is 5.09. The summed E-state index contributed by atoms with van der Waals surface area (Å²) in [7, 11) is 0. The molecule has 2 aliphatic heterocycles. The van der Waals surface area contributed by atoms with Crippen molar-refractivity contribution in [1.82, 2.24) is 0 Å². The first-order valence-corrected chi connectivity index (χ1v) is 10.6. The van der Waals surface area contributed by atoms with Crippen LogP contribution in [0.25, 0.3) is 0 Å². The van der Waals surface area contributed by atoms with Gasteiger partial charge in [-0.1, -0.05) is 75.8 Å². The molecule has 4 unspecified atom stereocenters. The van der Waals surface area contributed by atoms with Gasteiger partial charge in [0, 0.05) is 5.56 Å². The zero-order chi connectivity index (χ0) is 22.0. The smallest absolute Gasteiger partial charge is 0.243 e. The van der Waals surface area contributed by atoms with Crippen LogP contribution in [0.3, 0.4) is 0 Å². The van der Waals surface area contributed by atoms with Crippen molar-refractivity contribution in [3.63, 3.8) is 0 Å². The molecule has 2 heterocycles. The topological polar surface area (TPSA) is 114 Å². The van der Waals surface area contributed by atoms with Gasteiger partial charge in [-0.05, 0) is 13.3 Å². The molecular formula is C24H28N4O2. The first-order chi connectivity index (χ1) is 14.4. The molecule has 1 aromatic rings. The lowest BCUT2D eigenvalue weighted by molar-refractivity contribution is -0.286. The average molecular weight is 405 g/mol. The summed E-state index contributed by atoms with van der Waals surface area (Å²) >= 11 is 0. The van der Waals surface area contributed by atoms with E-state index in [0.29, 0.717) is 12.0 Å². The van der Waals surface area contributed by atoms with Crippen molar-refractivity contribution in [3.05, 3.63) is 35.4 Å². The Labute approximate surface area is 178 Å². The van der Waals surface area contributed by atoms with Gasteiger partial charge in [-0.25, -0.2) is 0 Å². The summed E-state index contributed by atoms with van der Waals surface area (Å²) in [5.41, 5.74) is -1.72. The molecule has 2 aliphatic rings. The second kappa shape index (κ2) is 8.10. The van der Waals surface area contributed by atoms with E-state index >= 15 is 0 Å². The standard InChI is InChI=1S/C24H28N4O2/c1-4-5-6-7-8-9-20-22(14-25,15-26)23(16-27)18(3)24(29-20,30-21(23)28)19-12-10-17(2)11-13-19/h10-13,18,20,28H,4-9H2,1-3H3. The highest BCUT2D eigenvalue weighted by molar-refractivity contribution is 5.89. The summed E-state index contributed by atoms with van der Waals surface area (Å²) in [4.78, 5) is 0. The number of unbranched alkanes of at least 4 members (excludes halogenated alkanes) is 4. The first-order valence-electron chi connectivity index (χ1n) is 10.6. The molecule has 3 rings (SSSR count). The molecule has 0 aliphatic carbocycles. The van der Waals surface area contributed by atoms with Gasteiger partial charge < -0.3 is 9.47 Å². The summed E-state index contributed by atoms with van der Waals surface area (Å²) < 4.78 is 12.4. The molecule has 4 atom stereocenters. The van der Waals surface area contributed by atoms with Gasteiger partial charge in [0.25, 0.3) is 0 Å². The quantitative estimate of drug-likeness (QED) is 0.635. The maximum Gasteiger partial charge on any atom is 0.243 e. The molecule has 0 spiro atoms. The molecule has 1 N–H and O–H groups in total. The summed E-state index contributed by atoms with van der Waals surface area (Å²) in [5, 5.41) is 39.1. The largest absolute Gasteiger partial charge is 0.443 e. The zero-order valence-corrected chi connectivity index (χ0v) is 17.9. The number of nitrogens with zero attached hydrogens (tertiary/aromatic N) is 3. The molecule has 156 valence electrons. The van der Waals surface area contributed by atoms with E-state index in [9.17, 15) is 15.8 Å². The van der Waals surface area contributed by atoms with Crippen LogP contribution < -0.4 is 0 Å². The van der Waals surface area contributed by atoms with Crippen molar-refractivity contribution in [2.24, 2.45) is 16.7 Å². The van der Waals surface area contributed by atoms with Gasteiger partial charge in [-0.3, -0.25) is 5.41 Å². The lowest BCUT2D eigenvalue weighted by Crippen LogP contribution is -2.60. The normalized spacial score (nSPS) is 31.3. The molecule has 6 nitrogen and oxygen atoms in total. The number of aryl methyl sites for hydroxylation is 1. The number of hydrogen-bond donors (Lipinski definition) is 1. The van der Waals surface area contributed by atoms with E-state index in [-0.39, 0.29) is 5.90 Å². The Morgan fingerprint density at radius 3 is 2.20 bits per heavy atom.